The van der Waals surface area contributed by atoms with Gasteiger partial charge in [-0.2, -0.15) is 0 Å². The molecule has 0 N–H and O–H groups in total. The molecule has 0 atom stereocenters. The summed E-state index contributed by atoms with van der Waals surface area (Å²) in [6.07, 6.45) is 13.0. The third-order valence-electron chi connectivity index (χ3n) is 4.12. The Morgan fingerprint density at radius 3 is 1.70 bits per heavy atom. The maximum atomic E-state index is 10.6. The van der Waals surface area contributed by atoms with E-state index in [0.29, 0.717) is 0 Å². The molecule has 0 radical (unpaired) electrons. The van der Waals surface area contributed by atoms with Crippen molar-refractivity contribution in [2.45, 2.75) is 79.5 Å². The van der Waals surface area contributed by atoms with E-state index in [2.05, 4.69) is 30.9 Å². The molecule has 116 valence electrons. The van der Waals surface area contributed by atoms with E-state index >= 15 is 0 Å². The average molecular weight is 385 g/mol. The summed E-state index contributed by atoms with van der Waals surface area (Å²) < 4.78 is 7.10. The van der Waals surface area contributed by atoms with Crippen LogP contribution in [0.15, 0.2) is 21.8 Å². The first-order valence-electron chi connectivity index (χ1n) is 8.45. The molecule has 0 saturated carbocycles. The molecule has 1 nitrogen and oxygen atoms in total. The molecule has 2 heteroatoms. The van der Waals surface area contributed by atoms with E-state index in [4.69, 9.17) is 0 Å². The fourth-order valence-corrected chi connectivity index (χ4v) is 17.1. The van der Waals surface area contributed by atoms with Crippen molar-refractivity contribution in [3.8, 4) is 0 Å². The second kappa shape index (κ2) is 12.7. The number of aldehydes is 1. The Morgan fingerprint density at radius 1 is 0.900 bits per heavy atom. The van der Waals surface area contributed by atoms with Crippen LogP contribution in [0.5, 0.6) is 0 Å². The summed E-state index contributed by atoms with van der Waals surface area (Å²) in [6, 6.07) is 0. The Bertz CT molecular complexity index is 283. The molecule has 20 heavy (non-hydrogen) atoms. The van der Waals surface area contributed by atoms with E-state index in [0.717, 1.165) is 11.9 Å². The Balaban J connectivity index is 5.00. The molecule has 0 amide bonds. The second-order valence-electron chi connectivity index (χ2n) is 6.05. The van der Waals surface area contributed by atoms with Crippen molar-refractivity contribution in [3.63, 3.8) is 0 Å². The molecule has 0 rings (SSSR count). The van der Waals surface area contributed by atoms with Gasteiger partial charge in [-0.1, -0.05) is 0 Å². The predicted molar refractivity (Wildman–Crippen MR) is 93.9 cm³/mol. The van der Waals surface area contributed by atoms with Gasteiger partial charge in [0.05, 0.1) is 0 Å². The molecule has 0 aliphatic rings. The van der Waals surface area contributed by atoms with Gasteiger partial charge < -0.3 is 0 Å². The topological polar surface area (TPSA) is 17.1 Å². The summed E-state index contributed by atoms with van der Waals surface area (Å²) in [5.74, 6) is 0. The van der Waals surface area contributed by atoms with Crippen molar-refractivity contribution in [1.29, 1.82) is 0 Å². The Kier molecular flexibility index (Phi) is 12.6. The van der Waals surface area contributed by atoms with Crippen LogP contribution in [-0.2, 0) is 4.79 Å². The zero-order valence-corrected chi connectivity index (χ0v) is 16.9. The number of hydrogen-bond acceptors (Lipinski definition) is 1. The third-order valence-corrected chi connectivity index (χ3v) is 18.2. The van der Waals surface area contributed by atoms with Crippen molar-refractivity contribution < 1.29 is 4.79 Å². The van der Waals surface area contributed by atoms with Crippen molar-refractivity contribution in [1.82, 2.24) is 0 Å². The van der Waals surface area contributed by atoms with Gasteiger partial charge in [0.1, 0.15) is 0 Å². The molecule has 0 heterocycles. The molecule has 0 unspecified atom stereocenters. The van der Waals surface area contributed by atoms with Gasteiger partial charge in [0, 0.05) is 0 Å². The van der Waals surface area contributed by atoms with Crippen molar-refractivity contribution in [3.05, 3.63) is 21.8 Å². The van der Waals surface area contributed by atoms with Gasteiger partial charge in [0.25, 0.3) is 0 Å². The van der Waals surface area contributed by atoms with Gasteiger partial charge in [0.2, 0.25) is 0 Å². The SMILES string of the molecule is CCC[CH2][Sn](/[CH]=C/C(C)=C/C=O)([CH2]CCC)[CH2]CCC. The number of unbranched alkanes of at least 4 members (excludes halogenated alkanes) is 3. The van der Waals surface area contributed by atoms with Gasteiger partial charge in [-0.15, -0.1) is 0 Å². The Morgan fingerprint density at radius 2 is 1.35 bits per heavy atom. The normalized spacial score (nSPS) is 13.1. The summed E-state index contributed by atoms with van der Waals surface area (Å²) in [4.78, 5) is 10.6. The van der Waals surface area contributed by atoms with E-state index in [1.807, 2.05) is 6.92 Å². The average Bonchev–Trinajstić information content (AvgIpc) is 2.46. The molecule has 0 aromatic rings. The zero-order chi connectivity index (χ0) is 15.3. The summed E-state index contributed by atoms with van der Waals surface area (Å²) in [6.45, 7) is 8.95. The zero-order valence-electron chi connectivity index (χ0n) is 14.1. The van der Waals surface area contributed by atoms with Crippen LogP contribution in [0, 0.1) is 0 Å². The quantitative estimate of drug-likeness (QED) is 0.172. The molecule has 0 spiro atoms. The maximum absolute atomic E-state index is 10.6. The van der Waals surface area contributed by atoms with Crippen LogP contribution < -0.4 is 0 Å². The van der Waals surface area contributed by atoms with Gasteiger partial charge in [-0.3, -0.25) is 0 Å². The van der Waals surface area contributed by atoms with E-state index in [-0.39, 0.29) is 0 Å². The van der Waals surface area contributed by atoms with Crippen molar-refractivity contribution >= 4 is 24.7 Å². The Hall–Kier alpha value is -0.0513. The summed E-state index contributed by atoms with van der Waals surface area (Å²) >= 11 is -2.12. The number of allylic oxidation sites excluding steroid dienone is 3. The van der Waals surface area contributed by atoms with E-state index in [1.165, 1.54) is 51.8 Å². The first-order valence-corrected chi connectivity index (χ1v) is 16.2. The minimum absolute atomic E-state index is 0.904. The minimum atomic E-state index is -2.12. The molecular weight excluding hydrogens is 351 g/mol. The number of rotatable bonds is 12. The van der Waals surface area contributed by atoms with Crippen LogP contribution in [0.1, 0.15) is 66.2 Å². The van der Waals surface area contributed by atoms with E-state index in [9.17, 15) is 4.79 Å². The first kappa shape index (κ1) is 19.9. The molecule has 0 aromatic heterocycles. The number of hydrogen-bond donors (Lipinski definition) is 0. The molecular formula is C18H34OSn. The second-order valence-corrected chi connectivity index (χ2v) is 19.1. The van der Waals surface area contributed by atoms with Gasteiger partial charge in [0.15, 0.2) is 0 Å². The summed E-state index contributed by atoms with van der Waals surface area (Å²) in [7, 11) is 0. The van der Waals surface area contributed by atoms with Crippen molar-refractivity contribution in [2.24, 2.45) is 0 Å². The Labute approximate surface area is 130 Å². The molecule has 0 bridgehead atoms. The summed E-state index contributed by atoms with van der Waals surface area (Å²) in [5, 5.41) is 0. The van der Waals surface area contributed by atoms with E-state index < -0.39 is 18.4 Å². The fourth-order valence-electron chi connectivity index (χ4n) is 2.68. The van der Waals surface area contributed by atoms with Gasteiger partial charge in [-0.05, 0) is 0 Å². The number of carbonyl (C=O) groups excluding carboxylic acids is 1. The fraction of sp³-hybridized carbons (Fsp3) is 0.722. The monoisotopic (exact) mass is 386 g/mol. The van der Waals surface area contributed by atoms with Crippen molar-refractivity contribution in [2.75, 3.05) is 0 Å². The van der Waals surface area contributed by atoms with Gasteiger partial charge in [-0.25, -0.2) is 0 Å². The van der Waals surface area contributed by atoms with Crippen LogP contribution in [0.4, 0.5) is 0 Å². The molecule has 0 saturated heterocycles. The van der Waals surface area contributed by atoms with Gasteiger partial charge >= 0.3 is 131 Å². The van der Waals surface area contributed by atoms with Crippen LogP contribution in [0.3, 0.4) is 0 Å². The molecule has 0 fully saturated rings. The van der Waals surface area contributed by atoms with E-state index in [1.54, 1.807) is 6.08 Å². The molecule has 0 aliphatic carbocycles. The third kappa shape index (κ3) is 8.99. The standard InChI is InChI=1S/C6H7O.3C4H9.Sn/c1-3-6(2)4-5-7;3*1-3-4-2;/h1,3-5H,2H3;3*1,3-4H2,2H3;/b3-1?,6-4+;;;;. The molecule has 0 aromatic carbocycles. The summed E-state index contributed by atoms with van der Waals surface area (Å²) in [5.41, 5.74) is 1.12. The first-order chi connectivity index (χ1) is 9.64. The van der Waals surface area contributed by atoms with Crippen LogP contribution >= 0.6 is 0 Å². The molecule has 0 aliphatic heterocycles. The van der Waals surface area contributed by atoms with Crippen LogP contribution in [-0.4, -0.2) is 24.7 Å². The van der Waals surface area contributed by atoms with Crippen LogP contribution in [0.2, 0.25) is 13.3 Å². The number of carbonyl (C=O) groups is 1. The van der Waals surface area contributed by atoms with Crippen LogP contribution in [0.25, 0.3) is 0 Å². The predicted octanol–water partition coefficient (Wildman–Crippen LogP) is 6.08.